The van der Waals surface area contributed by atoms with Crippen molar-refractivity contribution in [3.8, 4) is 6.07 Å². The summed E-state index contributed by atoms with van der Waals surface area (Å²) in [6, 6.07) is 1.55. The maximum atomic E-state index is 13.3. The van der Waals surface area contributed by atoms with Gasteiger partial charge in [0.05, 0.1) is 19.3 Å². The summed E-state index contributed by atoms with van der Waals surface area (Å²) in [4.78, 5) is 30.1. The van der Waals surface area contributed by atoms with Crippen LogP contribution in [0.3, 0.4) is 0 Å². The average molecular weight is 434 g/mol. The summed E-state index contributed by atoms with van der Waals surface area (Å²) in [5.41, 5.74) is -0.875. The second-order valence-corrected chi connectivity index (χ2v) is 9.90. The van der Waals surface area contributed by atoms with E-state index in [1.807, 2.05) is 0 Å². The van der Waals surface area contributed by atoms with E-state index in [4.69, 9.17) is 4.74 Å². The molecule has 3 amide bonds. The van der Waals surface area contributed by atoms with Crippen molar-refractivity contribution in [1.82, 2.24) is 20.4 Å². The largest absolute Gasteiger partial charge is 0.378 e. The van der Waals surface area contributed by atoms with Gasteiger partial charge in [0.2, 0.25) is 5.91 Å². The minimum absolute atomic E-state index is 0.210. The number of nitrogens with zero attached hydrogens (tertiary/aromatic N) is 3. The Morgan fingerprint density at radius 1 is 1.16 bits per heavy atom. The van der Waals surface area contributed by atoms with Crippen LogP contribution in [0, 0.1) is 23.2 Å². The molecule has 2 atom stereocenters. The van der Waals surface area contributed by atoms with E-state index in [1.165, 1.54) is 19.3 Å². The highest BCUT2D eigenvalue weighted by Crippen LogP contribution is 2.28. The highest BCUT2D eigenvalue weighted by atomic mass is 16.5. The molecule has 1 aliphatic carbocycles. The maximum absolute atomic E-state index is 13.3. The number of urea groups is 1. The lowest BCUT2D eigenvalue weighted by molar-refractivity contribution is -0.124. The average Bonchev–Trinajstić information content (AvgIpc) is 3.16. The molecular formula is C23H39N5O3. The van der Waals surface area contributed by atoms with Gasteiger partial charge in [0, 0.05) is 32.7 Å². The molecule has 0 aromatic carbocycles. The van der Waals surface area contributed by atoms with E-state index in [2.05, 4.69) is 35.5 Å². The molecule has 3 aliphatic rings. The van der Waals surface area contributed by atoms with Crippen LogP contribution in [0.25, 0.3) is 0 Å². The van der Waals surface area contributed by atoms with Gasteiger partial charge in [-0.2, -0.15) is 5.26 Å². The lowest BCUT2D eigenvalue weighted by Gasteiger charge is -2.32. The SMILES string of the molecule is CC(C)CN1CCC(C#N)(NC(=O)C(CC2CCCCC2)NC(=O)N2CCOCC2)C1. The third kappa shape index (κ3) is 6.81. The molecule has 3 fully saturated rings. The van der Waals surface area contributed by atoms with Gasteiger partial charge in [-0.3, -0.25) is 9.69 Å². The molecule has 2 N–H and O–H groups in total. The highest BCUT2D eigenvalue weighted by Gasteiger charge is 2.41. The molecule has 0 radical (unpaired) electrons. The molecule has 8 nitrogen and oxygen atoms in total. The normalized spacial score (nSPS) is 26.5. The lowest BCUT2D eigenvalue weighted by Crippen LogP contribution is -2.58. The fourth-order valence-corrected chi connectivity index (χ4v) is 5.10. The number of carbonyl (C=O) groups is 2. The number of likely N-dealkylation sites (tertiary alicyclic amines) is 1. The summed E-state index contributed by atoms with van der Waals surface area (Å²) in [5, 5.41) is 15.9. The Morgan fingerprint density at radius 2 is 1.87 bits per heavy atom. The fourth-order valence-electron chi connectivity index (χ4n) is 5.10. The van der Waals surface area contributed by atoms with Gasteiger partial charge in [-0.15, -0.1) is 0 Å². The van der Waals surface area contributed by atoms with Crippen molar-refractivity contribution in [2.24, 2.45) is 11.8 Å². The summed E-state index contributed by atoms with van der Waals surface area (Å²) < 4.78 is 5.34. The van der Waals surface area contributed by atoms with Crippen LogP contribution in [0.2, 0.25) is 0 Å². The van der Waals surface area contributed by atoms with Crippen molar-refractivity contribution >= 4 is 11.9 Å². The van der Waals surface area contributed by atoms with Crippen molar-refractivity contribution in [3.63, 3.8) is 0 Å². The molecular weight excluding hydrogens is 394 g/mol. The molecule has 0 spiro atoms. The predicted molar refractivity (Wildman–Crippen MR) is 118 cm³/mol. The molecule has 2 unspecified atom stereocenters. The quantitative estimate of drug-likeness (QED) is 0.641. The molecule has 2 saturated heterocycles. The Morgan fingerprint density at radius 3 is 2.52 bits per heavy atom. The van der Waals surface area contributed by atoms with Gasteiger partial charge in [0.15, 0.2) is 0 Å². The van der Waals surface area contributed by atoms with E-state index in [1.54, 1.807) is 4.90 Å². The Bertz CT molecular complexity index is 652. The van der Waals surface area contributed by atoms with Crippen molar-refractivity contribution in [2.45, 2.75) is 70.4 Å². The van der Waals surface area contributed by atoms with Gasteiger partial charge >= 0.3 is 6.03 Å². The summed E-state index contributed by atoms with van der Waals surface area (Å²) in [7, 11) is 0. The first-order valence-electron chi connectivity index (χ1n) is 12.0. The smallest absolute Gasteiger partial charge is 0.318 e. The molecule has 2 aliphatic heterocycles. The predicted octanol–water partition coefficient (Wildman–Crippen LogP) is 2.11. The first-order chi connectivity index (χ1) is 14.9. The van der Waals surface area contributed by atoms with Crippen molar-refractivity contribution in [1.29, 1.82) is 5.26 Å². The standard InChI is InChI=1S/C23H39N5O3/c1-18(2)15-27-9-8-23(16-24,17-27)26-21(29)20(14-19-6-4-3-5-7-19)25-22(30)28-10-12-31-13-11-28/h18-20H,3-15,17H2,1-2H3,(H,25,30)(H,26,29). The van der Waals surface area contributed by atoms with E-state index in [9.17, 15) is 14.9 Å². The van der Waals surface area contributed by atoms with Gasteiger partial charge in [-0.25, -0.2) is 4.79 Å². The number of hydrogen-bond acceptors (Lipinski definition) is 5. The van der Waals surface area contributed by atoms with Crippen LogP contribution < -0.4 is 10.6 Å². The molecule has 0 aromatic rings. The van der Waals surface area contributed by atoms with E-state index >= 15 is 0 Å². The first kappa shape index (κ1) is 23.8. The van der Waals surface area contributed by atoms with Crippen LogP contribution in [0.15, 0.2) is 0 Å². The van der Waals surface area contributed by atoms with Crippen molar-refractivity contribution in [3.05, 3.63) is 0 Å². The lowest BCUT2D eigenvalue weighted by atomic mass is 9.84. The first-order valence-corrected chi connectivity index (χ1v) is 12.0. The van der Waals surface area contributed by atoms with E-state index in [0.717, 1.165) is 25.9 Å². The van der Waals surface area contributed by atoms with Crippen LogP contribution in [-0.2, 0) is 9.53 Å². The third-order valence-electron chi connectivity index (χ3n) is 6.75. The van der Waals surface area contributed by atoms with Gasteiger partial charge in [0.25, 0.3) is 0 Å². The van der Waals surface area contributed by atoms with Crippen LogP contribution in [-0.4, -0.2) is 79.3 Å². The zero-order valence-electron chi connectivity index (χ0n) is 19.2. The van der Waals surface area contributed by atoms with Gasteiger partial charge in [-0.05, 0) is 24.7 Å². The summed E-state index contributed by atoms with van der Waals surface area (Å²) >= 11 is 0. The van der Waals surface area contributed by atoms with E-state index < -0.39 is 11.6 Å². The molecule has 1 saturated carbocycles. The van der Waals surface area contributed by atoms with E-state index in [0.29, 0.717) is 57.5 Å². The third-order valence-corrected chi connectivity index (χ3v) is 6.75. The van der Waals surface area contributed by atoms with E-state index in [-0.39, 0.29) is 11.9 Å². The van der Waals surface area contributed by atoms with Crippen molar-refractivity contribution in [2.75, 3.05) is 45.9 Å². The monoisotopic (exact) mass is 433 g/mol. The number of hydrogen-bond donors (Lipinski definition) is 2. The second-order valence-electron chi connectivity index (χ2n) is 9.90. The number of rotatable bonds is 7. The van der Waals surface area contributed by atoms with Crippen LogP contribution in [0.1, 0.15) is 58.8 Å². The Kier molecular flexibility index (Phi) is 8.56. The number of ether oxygens (including phenoxy) is 1. The molecule has 8 heteroatoms. The zero-order valence-corrected chi connectivity index (χ0v) is 19.2. The Labute approximate surface area is 186 Å². The molecule has 174 valence electrons. The fraction of sp³-hybridized carbons (Fsp3) is 0.870. The van der Waals surface area contributed by atoms with Crippen LogP contribution in [0.5, 0.6) is 0 Å². The number of nitrogens with one attached hydrogen (secondary N) is 2. The molecule has 0 aromatic heterocycles. The Balaban J connectivity index is 1.65. The number of nitriles is 1. The van der Waals surface area contributed by atoms with Crippen LogP contribution >= 0.6 is 0 Å². The van der Waals surface area contributed by atoms with Crippen LogP contribution in [0.4, 0.5) is 4.79 Å². The number of morpholine rings is 1. The van der Waals surface area contributed by atoms with Crippen molar-refractivity contribution < 1.29 is 14.3 Å². The molecule has 0 bridgehead atoms. The zero-order chi connectivity index (χ0) is 22.3. The topological polar surface area (TPSA) is 97.7 Å². The van der Waals surface area contributed by atoms with Gasteiger partial charge < -0.3 is 20.3 Å². The van der Waals surface area contributed by atoms with Gasteiger partial charge in [0.1, 0.15) is 11.6 Å². The summed E-state index contributed by atoms with van der Waals surface area (Å²) in [6.45, 7) is 8.70. The molecule has 31 heavy (non-hydrogen) atoms. The maximum Gasteiger partial charge on any atom is 0.318 e. The molecule has 3 rings (SSSR count). The minimum Gasteiger partial charge on any atom is -0.378 e. The number of amides is 3. The van der Waals surface area contributed by atoms with Gasteiger partial charge in [-0.1, -0.05) is 46.0 Å². The summed E-state index contributed by atoms with van der Waals surface area (Å²) in [5.74, 6) is 0.728. The number of carbonyl (C=O) groups excluding carboxylic acids is 2. The summed E-state index contributed by atoms with van der Waals surface area (Å²) in [6.07, 6.45) is 7.07. The Hall–Kier alpha value is -1.85. The minimum atomic E-state index is -0.875. The highest BCUT2D eigenvalue weighted by molar-refractivity contribution is 5.88. The second kappa shape index (κ2) is 11.1. The molecule has 2 heterocycles.